The zero-order chi connectivity index (χ0) is 17.3. The normalized spacial score (nSPS) is 17.1. The number of rotatable bonds is 5. The maximum atomic E-state index is 12.6. The summed E-state index contributed by atoms with van der Waals surface area (Å²) in [6.07, 6.45) is 1.78. The largest absolute Gasteiger partial charge is 0.317 e. The fourth-order valence-electron chi connectivity index (χ4n) is 2.86. The van der Waals surface area contributed by atoms with E-state index in [9.17, 15) is 18.5 Å². The van der Waals surface area contributed by atoms with Gasteiger partial charge in [-0.1, -0.05) is 6.92 Å². The van der Waals surface area contributed by atoms with Crippen LogP contribution in [0.15, 0.2) is 17.0 Å². The topological polar surface area (TPSA) is 101 Å². The van der Waals surface area contributed by atoms with E-state index in [-0.39, 0.29) is 28.4 Å². The minimum Gasteiger partial charge on any atom is -0.317 e. The van der Waals surface area contributed by atoms with Crippen molar-refractivity contribution in [2.45, 2.75) is 38.5 Å². The molecule has 0 spiro atoms. The average Bonchev–Trinajstić information content (AvgIpc) is 2.45. The molecular formula is C15H24ClN3O4S. The van der Waals surface area contributed by atoms with E-state index in [1.54, 1.807) is 19.9 Å². The predicted molar refractivity (Wildman–Crippen MR) is 95.2 cm³/mol. The third-order valence-electron chi connectivity index (χ3n) is 4.48. The van der Waals surface area contributed by atoms with Crippen molar-refractivity contribution >= 4 is 28.1 Å². The molecule has 7 nitrogen and oxygen atoms in total. The molecule has 136 valence electrons. The predicted octanol–water partition coefficient (Wildman–Crippen LogP) is 2.30. The van der Waals surface area contributed by atoms with Gasteiger partial charge in [0.15, 0.2) is 0 Å². The third-order valence-corrected chi connectivity index (χ3v) is 6.02. The van der Waals surface area contributed by atoms with Gasteiger partial charge < -0.3 is 5.32 Å². The van der Waals surface area contributed by atoms with E-state index in [1.807, 2.05) is 0 Å². The van der Waals surface area contributed by atoms with E-state index >= 15 is 0 Å². The van der Waals surface area contributed by atoms with Crippen molar-refractivity contribution in [3.63, 3.8) is 0 Å². The molecule has 1 aliphatic rings. The Bertz CT molecular complexity index is 716. The highest BCUT2D eigenvalue weighted by Gasteiger charge is 2.30. The van der Waals surface area contributed by atoms with Crippen molar-refractivity contribution < 1.29 is 13.3 Å². The second-order valence-corrected chi connectivity index (χ2v) is 8.28. The first-order chi connectivity index (χ1) is 10.6. The summed E-state index contributed by atoms with van der Waals surface area (Å²) < 4.78 is 27.8. The Morgan fingerprint density at radius 1 is 1.25 bits per heavy atom. The first kappa shape index (κ1) is 20.8. The van der Waals surface area contributed by atoms with Crippen LogP contribution in [0, 0.1) is 29.4 Å². The summed E-state index contributed by atoms with van der Waals surface area (Å²) >= 11 is 0. The Labute approximate surface area is 148 Å². The van der Waals surface area contributed by atoms with Gasteiger partial charge in [0, 0.05) is 18.2 Å². The van der Waals surface area contributed by atoms with E-state index in [1.165, 1.54) is 0 Å². The lowest BCUT2D eigenvalue weighted by molar-refractivity contribution is -0.385. The molecule has 0 aromatic heterocycles. The molecule has 9 heteroatoms. The molecule has 0 aliphatic carbocycles. The summed E-state index contributed by atoms with van der Waals surface area (Å²) in [4.78, 5) is 10.5. The number of nitrogens with one attached hydrogen (secondary N) is 2. The van der Waals surface area contributed by atoms with E-state index in [0.717, 1.165) is 32.0 Å². The smallest absolute Gasteiger partial charge is 0.273 e. The van der Waals surface area contributed by atoms with Gasteiger partial charge in [0.25, 0.3) is 5.69 Å². The van der Waals surface area contributed by atoms with Crippen molar-refractivity contribution in [1.29, 1.82) is 0 Å². The van der Waals surface area contributed by atoms with Crippen LogP contribution >= 0.6 is 12.4 Å². The van der Waals surface area contributed by atoms with Crippen molar-refractivity contribution in [2.75, 3.05) is 19.6 Å². The Hall–Kier alpha value is -1.22. The molecule has 1 heterocycles. The van der Waals surface area contributed by atoms with Crippen LogP contribution in [0.25, 0.3) is 0 Å². The lowest BCUT2D eigenvalue weighted by Gasteiger charge is -2.34. The molecular weight excluding hydrogens is 354 g/mol. The molecule has 0 saturated carbocycles. The molecule has 2 N–H and O–H groups in total. The van der Waals surface area contributed by atoms with Crippen molar-refractivity contribution in [2.24, 2.45) is 5.41 Å². The van der Waals surface area contributed by atoms with Crippen LogP contribution in [0.1, 0.15) is 30.9 Å². The second-order valence-electron chi connectivity index (χ2n) is 6.55. The highest BCUT2D eigenvalue weighted by Crippen LogP contribution is 2.29. The number of aryl methyl sites for hydroxylation is 2. The quantitative estimate of drug-likeness (QED) is 0.605. The van der Waals surface area contributed by atoms with Gasteiger partial charge in [0.1, 0.15) is 0 Å². The molecule has 2 rings (SSSR count). The first-order valence-electron chi connectivity index (χ1n) is 7.61. The summed E-state index contributed by atoms with van der Waals surface area (Å²) in [7, 11) is -3.78. The van der Waals surface area contributed by atoms with E-state index in [2.05, 4.69) is 17.0 Å². The molecule has 1 fully saturated rings. The molecule has 1 aromatic carbocycles. The van der Waals surface area contributed by atoms with Gasteiger partial charge in [-0.25, -0.2) is 13.1 Å². The monoisotopic (exact) mass is 377 g/mol. The van der Waals surface area contributed by atoms with Gasteiger partial charge in [-0.2, -0.15) is 0 Å². The van der Waals surface area contributed by atoms with Crippen LogP contribution in [0.3, 0.4) is 0 Å². The standard InChI is InChI=1S/C15H23N3O4S.ClH/c1-11-8-12(2)14(9-13(11)18(19)20)23(21,22)17-10-15(3)4-6-16-7-5-15;/h8-9,16-17H,4-7,10H2,1-3H3;1H. The Kier molecular flexibility index (Phi) is 6.75. The van der Waals surface area contributed by atoms with Crippen molar-refractivity contribution in [1.82, 2.24) is 10.0 Å². The minimum absolute atomic E-state index is 0. The average molecular weight is 378 g/mol. The molecule has 0 atom stereocenters. The first-order valence-corrected chi connectivity index (χ1v) is 9.09. The molecule has 1 aliphatic heterocycles. The van der Waals surface area contributed by atoms with Crippen LogP contribution in [0.4, 0.5) is 5.69 Å². The van der Waals surface area contributed by atoms with Crippen molar-refractivity contribution in [3.05, 3.63) is 33.4 Å². The second kappa shape index (κ2) is 7.77. The summed E-state index contributed by atoms with van der Waals surface area (Å²) in [5, 5.41) is 14.3. The number of hydrogen-bond acceptors (Lipinski definition) is 5. The van der Waals surface area contributed by atoms with Crippen molar-refractivity contribution in [3.8, 4) is 0 Å². The molecule has 0 unspecified atom stereocenters. The van der Waals surface area contributed by atoms with Crippen LogP contribution in [0.5, 0.6) is 0 Å². The van der Waals surface area contributed by atoms with Gasteiger partial charge in [0.05, 0.1) is 9.82 Å². The van der Waals surface area contributed by atoms with E-state index in [0.29, 0.717) is 17.7 Å². The van der Waals surface area contributed by atoms with Gasteiger partial charge >= 0.3 is 0 Å². The molecule has 1 saturated heterocycles. The molecule has 24 heavy (non-hydrogen) atoms. The summed E-state index contributed by atoms with van der Waals surface area (Å²) in [5.41, 5.74) is 0.694. The minimum atomic E-state index is -3.78. The molecule has 0 bridgehead atoms. The van der Waals surface area contributed by atoms with E-state index < -0.39 is 14.9 Å². The van der Waals surface area contributed by atoms with Gasteiger partial charge in [-0.05, 0) is 56.8 Å². The van der Waals surface area contributed by atoms with Crippen LogP contribution in [-0.4, -0.2) is 33.0 Å². The maximum Gasteiger partial charge on any atom is 0.273 e. The van der Waals surface area contributed by atoms with Crippen LogP contribution in [0.2, 0.25) is 0 Å². The summed E-state index contributed by atoms with van der Waals surface area (Å²) in [5.74, 6) is 0. The number of nitrogens with zero attached hydrogens (tertiary/aromatic N) is 1. The zero-order valence-corrected chi connectivity index (χ0v) is 15.7. The van der Waals surface area contributed by atoms with Gasteiger partial charge in [0.2, 0.25) is 10.0 Å². The number of nitro benzene ring substituents is 1. The highest BCUT2D eigenvalue weighted by molar-refractivity contribution is 7.89. The number of hydrogen-bond donors (Lipinski definition) is 2. The van der Waals surface area contributed by atoms with Gasteiger partial charge in [-0.15, -0.1) is 12.4 Å². The SMILES string of the molecule is Cc1cc(C)c(S(=O)(=O)NCC2(C)CCNCC2)cc1[N+](=O)[O-].Cl. The Morgan fingerprint density at radius 3 is 2.38 bits per heavy atom. The lowest BCUT2D eigenvalue weighted by atomic mass is 9.81. The third kappa shape index (κ3) is 4.66. The number of sulfonamides is 1. The molecule has 1 aromatic rings. The number of piperidine rings is 1. The fraction of sp³-hybridized carbons (Fsp3) is 0.600. The molecule has 0 amide bonds. The Morgan fingerprint density at radius 2 is 1.83 bits per heavy atom. The Balaban J connectivity index is 0.00000288. The number of halogens is 1. The summed E-state index contributed by atoms with van der Waals surface area (Å²) in [6, 6.07) is 2.69. The summed E-state index contributed by atoms with van der Waals surface area (Å²) in [6.45, 7) is 7.38. The zero-order valence-electron chi connectivity index (χ0n) is 14.1. The fourth-order valence-corrected chi connectivity index (χ4v) is 4.31. The molecule has 0 radical (unpaired) electrons. The maximum absolute atomic E-state index is 12.6. The number of nitro groups is 1. The number of benzene rings is 1. The van der Waals surface area contributed by atoms with Crippen LogP contribution < -0.4 is 10.0 Å². The van der Waals surface area contributed by atoms with E-state index in [4.69, 9.17) is 0 Å². The van der Waals surface area contributed by atoms with Crippen LogP contribution in [-0.2, 0) is 10.0 Å². The van der Waals surface area contributed by atoms with Gasteiger partial charge in [-0.3, -0.25) is 10.1 Å². The highest BCUT2D eigenvalue weighted by atomic mass is 35.5. The lowest BCUT2D eigenvalue weighted by Crippen LogP contribution is -2.42.